The van der Waals surface area contributed by atoms with E-state index in [1.54, 1.807) is 0 Å². The summed E-state index contributed by atoms with van der Waals surface area (Å²) >= 11 is 1.93. The van der Waals surface area contributed by atoms with Crippen molar-refractivity contribution in [2.24, 2.45) is 5.41 Å². The van der Waals surface area contributed by atoms with E-state index in [4.69, 9.17) is 4.74 Å². The Kier molecular flexibility index (Phi) is 7.61. The molecule has 3 nitrogen and oxygen atoms in total. The molecule has 0 aliphatic carbocycles. The summed E-state index contributed by atoms with van der Waals surface area (Å²) in [6.45, 7) is 9.74. The summed E-state index contributed by atoms with van der Waals surface area (Å²) in [5.41, 5.74) is 0.330. The summed E-state index contributed by atoms with van der Waals surface area (Å²) in [6.07, 6.45) is 4.58. The highest BCUT2D eigenvalue weighted by molar-refractivity contribution is 7.98. The second-order valence-corrected chi connectivity index (χ2v) is 6.61. The molecule has 0 bridgehead atoms. The minimum atomic E-state index is 0.330. The Morgan fingerprint density at radius 3 is 2.83 bits per heavy atom. The van der Waals surface area contributed by atoms with Crippen molar-refractivity contribution in [2.45, 2.75) is 32.7 Å². The summed E-state index contributed by atoms with van der Waals surface area (Å²) in [7, 11) is 2.25. The Labute approximate surface area is 117 Å². The molecule has 1 fully saturated rings. The van der Waals surface area contributed by atoms with Gasteiger partial charge in [0.15, 0.2) is 0 Å². The first-order valence-electron chi connectivity index (χ1n) is 7.11. The van der Waals surface area contributed by atoms with E-state index in [2.05, 4.69) is 37.4 Å². The van der Waals surface area contributed by atoms with Crippen molar-refractivity contribution in [3.8, 4) is 0 Å². The Hall–Kier alpha value is 0.230. The van der Waals surface area contributed by atoms with Gasteiger partial charge in [0.2, 0.25) is 0 Å². The monoisotopic (exact) mass is 274 g/mol. The number of nitrogens with one attached hydrogen (secondary N) is 1. The molecule has 4 heteroatoms. The Morgan fingerprint density at radius 2 is 2.28 bits per heavy atom. The average molecular weight is 274 g/mol. The predicted octanol–water partition coefficient (Wildman–Crippen LogP) is 2.08. The predicted molar refractivity (Wildman–Crippen MR) is 81.5 cm³/mol. The van der Waals surface area contributed by atoms with Crippen LogP contribution in [0.25, 0.3) is 0 Å². The van der Waals surface area contributed by atoms with Crippen LogP contribution in [0, 0.1) is 5.41 Å². The minimum Gasteiger partial charge on any atom is -0.381 e. The van der Waals surface area contributed by atoms with E-state index in [1.165, 1.54) is 18.6 Å². The molecule has 0 radical (unpaired) electrons. The summed E-state index contributed by atoms with van der Waals surface area (Å²) in [6, 6.07) is 0.642. The van der Waals surface area contributed by atoms with E-state index in [-0.39, 0.29) is 0 Å². The number of nitrogens with zero attached hydrogens (tertiary/aromatic N) is 1. The van der Waals surface area contributed by atoms with Gasteiger partial charge in [0.1, 0.15) is 0 Å². The van der Waals surface area contributed by atoms with Gasteiger partial charge in [-0.2, -0.15) is 11.8 Å². The lowest BCUT2D eigenvalue weighted by Gasteiger charge is -2.35. The van der Waals surface area contributed by atoms with E-state index < -0.39 is 0 Å². The third-order valence-electron chi connectivity index (χ3n) is 3.86. The summed E-state index contributed by atoms with van der Waals surface area (Å²) < 4.78 is 5.66. The molecule has 1 aliphatic rings. The lowest BCUT2D eigenvalue weighted by Crippen LogP contribution is -2.46. The zero-order chi connectivity index (χ0) is 13.4. The van der Waals surface area contributed by atoms with Crippen LogP contribution in [-0.2, 0) is 4.74 Å². The molecule has 1 heterocycles. The SMILES string of the molecule is CCCNCC1(CN(C)C(C)CSC)CCOC1. The van der Waals surface area contributed by atoms with Crippen LogP contribution in [0.1, 0.15) is 26.7 Å². The van der Waals surface area contributed by atoms with E-state index in [9.17, 15) is 0 Å². The molecule has 0 saturated carbocycles. The first-order chi connectivity index (χ1) is 8.63. The zero-order valence-electron chi connectivity index (χ0n) is 12.5. The molecule has 1 saturated heterocycles. The second kappa shape index (κ2) is 8.41. The zero-order valence-corrected chi connectivity index (χ0v) is 13.3. The highest BCUT2D eigenvalue weighted by Crippen LogP contribution is 2.29. The Bertz CT molecular complexity index is 220. The maximum atomic E-state index is 5.66. The molecule has 108 valence electrons. The van der Waals surface area contributed by atoms with E-state index in [0.29, 0.717) is 11.5 Å². The maximum Gasteiger partial charge on any atom is 0.0547 e. The standard InChI is InChI=1S/C14H30N2OS/c1-5-7-15-10-14(6-8-17-12-14)11-16(3)13(2)9-18-4/h13,15H,5-12H2,1-4H3. The van der Waals surface area contributed by atoms with Gasteiger partial charge in [0, 0.05) is 36.9 Å². The lowest BCUT2D eigenvalue weighted by molar-refractivity contribution is 0.108. The van der Waals surface area contributed by atoms with Crippen LogP contribution in [0.3, 0.4) is 0 Å². The summed E-state index contributed by atoms with van der Waals surface area (Å²) in [5.74, 6) is 1.20. The fourth-order valence-electron chi connectivity index (χ4n) is 2.55. The number of hydrogen-bond donors (Lipinski definition) is 1. The van der Waals surface area contributed by atoms with Gasteiger partial charge in [-0.25, -0.2) is 0 Å². The van der Waals surface area contributed by atoms with Crippen molar-refractivity contribution < 1.29 is 4.74 Å². The van der Waals surface area contributed by atoms with Crippen LogP contribution in [0.5, 0.6) is 0 Å². The summed E-state index contributed by atoms with van der Waals surface area (Å²) in [4.78, 5) is 2.50. The second-order valence-electron chi connectivity index (χ2n) is 5.70. The van der Waals surface area contributed by atoms with Gasteiger partial charge in [-0.3, -0.25) is 0 Å². The van der Waals surface area contributed by atoms with Crippen molar-refractivity contribution in [3.63, 3.8) is 0 Å². The first-order valence-corrected chi connectivity index (χ1v) is 8.50. The molecular formula is C14H30N2OS. The van der Waals surface area contributed by atoms with Crippen LogP contribution in [0.2, 0.25) is 0 Å². The molecule has 2 atom stereocenters. The minimum absolute atomic E-state index is 0.330. The van der Waals surface area contributed by atoms with Gasteiger partial charge >= 0.3 is 0 Å². The van der Waals surface area contributed by atoms with E-state index in [1.807, 2.05) is 11.8 Å². The van der Waals surface area contributed by atoms with Gasteiger partial charge in [-0.15, -0.1) is 0 Å². The third-order valence-corrected chi connectivity index (χ3v) is 4.67. The maximum absolute atomic E-state index is 5.66. The molecule has 0 spiro atoms. The number of ether oxygens (including phenoxy) is 1. The van der Waals surface area contributed by atoms with Gasteiger partial charge in [-0.05, 0) is 39.6 Å². The molecule has 18 heavy (non-hydrogen) atoms. The molecule has 0 aromatic rings. The molecule has 0 aromatic heterocycles. The Morgan fingerprint density at radius 1 is 1.50 bits per heavy atom. The number of rotatable bonds is 9. The van der Waals surface area contributed by atoms with Gasteiger partial charge in [0.05, 0.1) is 6.61 Å². The van der Waals surface area contributed by atoms with Crippen LogP contribution in [0.4, 0.5) is 0 Å². The largest absolute Gasteiger partial charge is 0.381 e. The fourth-order valence-corrected chi connectivity index (χ4v) is 3.29. The van der Waals surface area contributed by atoms with E-state index in [0.717, 1.165) is 32.8 Å². The number of thioether (sulfide) groups is 1. The van der Waals surface area contributed by atoms with Gasteiger partial charge in [0.25, 0.3) is 0 Å². The third kappa shape index (κ3) is 5.08. The van der Waals surface area contributed by atoms with Crippen molar-refractivity contribution in [1.29, 1.82) is 0 Å². The van der Waals surface area contributed by atoms with Crippen molar-refractivity contribution in [3.05, 3.63) is 0 Å². The normalized spacial score (nSPS) is 25.8. The Balaban J connectivity index is 2.45. The average Bonchev–Trinajstić information content (AvgIpc) is 2.78. The molecule has 1 rings (SSSR count). The molecule has 0 amide bonds. The molecular weight excluding hydrogens is 244 g/mol. The van der Waals surface area contributed by atoms with Crippen LogP contribution >= 0.6 is 11.8 Å². The molecule has 0 aromatic carbocycles. The van der Waals surface area contributed by atoms with E-state index >= 15 is 0 Å². The summed E-state index contributed by atoms with van der Waals surface area (Å²) in [5, 5.41) is 3.58. The highest BCUT2D eigenvalue weighted by Gasteiger charge is 2.36. The van der Waals surface area contributed by atoms with Crippen molar-refractivity contribution in [1.82, 2.24) is 10.2 Å². The van der Waals surface area contributed by atoms with Crippen LogP contribution < -0.4 is 5.32 Å². The van der Waals surface area contributed by atoms with Crippen molar-refractivity contribution in [2.75, 3.05) is 51.9 Å². The van der Waals surface area contributed by atoms with Gasteiger partial charge < -0.3 is 15.0 Å². The van der Waals surface area contributed by atoms with Gasteiger partial charge in [-0.1, -0.05) is 6.92 Å². The number of hydrogen-bond acceptors (Lipinski definition) is 4. The first kappa shape index (κ1) is 16.3. The fraction of sp³-hybridized carbons (Fsp3) is 1.00. The van der Waals surface area contributed by atoms with Crippen LogP contribution in [0.15, 0.2) is 0 Å². The van der Waals surface area contributed by atoms with Crippen LogP contribution in [-0.4, -0.2) is 62.8 Å². The topological polar surface area (TPSA) is 24.5 Å². The van der Waals surface area contributed by atoms with Crippen molar-refractivity contribution >= 4 is 11.8 Å². The smallest absolute Gasteiger partial charge is 0.0547 e. The molecule has 2 unspecified atom stereocenters. The molecule has 1 N–H and O–H groups in total. The quantitative estimate of drug-likeness (QED) is 0.651. The lowest BCUT2D eigenvalue weighted by atomic mass is 9.86. The molecule has 1 aliphatic heterocycles. The highest BCUT2D eigenvalue weighted by atomic mass is 32.2.